The first-order valence-electron chi connectivity index (χ1n) is 6.33. The van der Waals surface area contributed by atoms with E-state index in [1.807, 2.05) is 0 Å². The van der Waals surface area contributed by atoms with Crippen molar-refractivity contribution in [2.45, 2.75) is 64.5 Å². The van der Waals surface area contributed by atoms with Crippen LogP contribution in [0.1, 0.15) is 52.4 Å². The van der Waals surface area contributed by atoms with E-state index in [2.05, 4.69) is 36.8 Å². The fourth-order valence-electron chi connectivity index (χ4n) is 2.13. The molecule has 0 saturated carbocycles. The summed E-state index contributed by atoms with van der Waals surface area (Å²) in [4.78, 5) is 0. The van der Waals surface area contributed by atoms with E-state index in [0.29, 0.717) is 0 Å². The largest absolute Gasteiger partial charge is 0.216 e. The van der Waals surface area contributed by atoms with Crippen LogP contribution in [-0.4, -0.2) is 8.07 Å². The normalized spacial score (nSPS) is 19.1. The monoisotopic (exact) mass is 218 g/mol. The Kier molecular flexibility index (Phi) is 5.59. The summed E-state index contributed by atoms with van der Waals surface area (Å²) >= 11 is 0. The van der Waals surface area contributed by atoms with Gasteiger partial charge in [0.05, 0.1) is 0 Å². The van der Waals surface area contributed by atoms with Gasteiger partial charge < -0.3 is 0 Å². The molecular weight excluding hydrogens is 196 g/mol. The molecule has 0 unspecified atom stereocenters. The molecule has 0 radical (unpaired) electrons. The maximum atomic E-state index is 3.57. The minimum atomic E-state index is -1.50. The molecule has 1 saturated heterocycles. The van der Waals surface area contributed by atoms with E-state index in [9.17, 15) is 0 Å². The van der Waals surface area contributed by atoms with Gasteiger partial charge in [0.2, 0.25) is 8.07 Å². The Balaban J connectivity index is 2.82. The average Bonchev–Trinajstić information content (AvgIpc) is 2.50. The van der Waals surface area contributed by atoms with Gasteiger partial charge in [0, 0.05) is 12.8 Å². The van der Waals surface area contributed by atoms with Crippen LogP contribution in [0.3, 0.4) is 0 Å². The molecule has 1 rings (SSSR count). The first-order valence-corrected chi connectivity index (χ1v) is 8.74. The molecule has 0 nitrogen and oxygen atoms in total. The predicted octanol–water partition coefficient (Wildman–Crippen LogP) is 3.91. The second-order valence-electron chi connectivity index (χ2n) is 4.31. The summed E-state index contributed by atoms with van der Waals surface area (Å²) in [5.74, 6) is 6.61. The van der Waals surface area contributed by atoms with Crippen LogP contribution in [0, 0.1) is 22.9 Å². The summed E-state index contributed by atoms with van der Waals surface area (Å²) in [7, 11) is -1.50. The standard InChI is InChI=1S/C14H22Si/c1-3-5-11-15(12-6-4-2)13-9-7-8-10-14-15/h3-4,7-10,13-14H2,1-2H3. The Hall–Kier alpha value is -0.663. The summed E-state index contributed by atoms with van der Waals surface area (Å²) in [6.07, 6.45) is 7.50. The highest BCUT2D eigenvalue weighted by atomic mass is 28.3. The fraction of sp³-hybridized carbons (Fsp3) is 0.714. The predicted molar refractivity (Wildman–Crippen MR) is 70.0 cm³/mol. The van der Waals surface area contributed by atoms with Gasteiger partial charge in [-0.1, -0.05) is 39.5 Å². The zero-order chi connectivity index (χ0) is 11.0. The first-order chi connectivity index (χ1) is 7.33. The van der Waals surface area contributed by atoms with Gasteiger partial charge >= 0.3 is 0 Å². The van der Waals surface area contributed by atoms with Crippen molar-refractivity contribution < 1.29 is 0 Å². The molecule has 0 atom stereocenters. The lowest BCUT2D eigenvalue weighted by atomic mass is 10.2. The summed E-state index contributed by atoms with van der Waals surface area (Å²) < 4.78 is 0. The maximum absolute atomic E-state index is 3.57. The van der Waals surface area contributed by atoms with Crippen molar-refractivity contribution in [1.82, 2.24) is 0 Å². The molecule has 1 aliphatic heterocycles. The average molecular weight is 218 g/mol. The summed E-state index contributed by atoms with van der Waals surface area (Å²) in [5, 5.41) is 0. The molecule has 0 aromatic rings. The molecule has 1 heteroatoms. The minimum Gasteiger partial charge on any atom is -0.115 e. The Morgan fingerprint density at radius 1 is 0.800 bits per heavy atom. The molecule has 1 fully saturated rings. The van der Waals surface area contributed by atoms with Crippen molar-refractivity contribution in [2.75, 3.05) is 0 Å². The molecule has 0 bridgehead atoms. The van der Waals surface area contributed by atoms with E-state index in [4.69, 9.17) is 0 Å². The Morgan fingerprint density at radius 2 is 1.27 bits per heavy atom. The molecule has 15 heavy (non-hydrogen) atoms. The van der Waals surface area contributed by atoms with E-state index in [-0.39, 0.29) is 0 Å². The SMILES string of the molecule is CCC#C[Si]1(C#CCC)CCCCCC1. The molecular formula is C14H22Si. The molecule has 1 heterocycles. The second kappa shape index (κ2) is 6.75. The topological polar surface area (TPSA) is 0 Å². The molecule has 0 amide bonds. The number of rotatable bonds is 0. The van der Waals surface area contributed by atoms with Gasteiger partial charge in [0.1, 0.15) is 0 Å². The number of hydrogen-bond donors (Lipinski definition) is 0. The van der Waals surface area contributed by atoms with Crippen molar-refractivity contribution in [3.8, 4) is 22.9 Å². The zero-order valence-corrected chi connectivity index (χ0v) is 11.2. The van der Waals surface area contributed by atoms with Crippen molar-refractivity contribution in [1.29, 1.82) is 0 Å². The van der Waals surface area contributed by atoms with Crippen molar-refractivity contribution in [3.05, 3.63) is 0 Å². The van der Waals surface area contributed by atoms with Crippen LogP contribution in [0.25, 0.3) is 0 Å². The van der Waals surface area contributed by atoms with Crippen LogP contribution in [-0.2, 0) is 0 Å². The van der Waals surface area contributed by atoms with Gasteiger partial charge in [-0.25, -0.2) is 0 Å². The highest BCUT2D eigenvalue weighted by Gasteiger charge is 2.30. The number of hydrogen-bond acceptors (Lipinski definition) is 0. The lowest BCUT2D eigenvalue weighted by molar-refractivity contribution is 0.720. The van der Waals surface area contributed by atoms with Gasteiger partial charge in [-0.05, 0) is 12.1 Å². The maximum Gasteiger partial charge on any atom is 0.216 e. The first kappa shape index (κ1) is 12.4. The van der Waals surface area contributed by atoms with Crippen molar-refractivity contribution >= 4 is 8.07 Å². The quantitative estimate of drug-likeness (QED) is 0.427. The van der Waals surface area contributed by atoms with E-state index in [0.717, 1.165) is 12.8 Å². The Morgan fingerprint density at radius 3 is 1.67 bits per heavy atom. The lowest BCUT2D eigenvalue weighted by Gasteiger charge is -2.16. The van der Waals surface area contributed by atoms with Gasteiger partial charge in [-0.3, -0.25) is 0 Å². The summed E-state index contributed by atoms with van der Waals surface area (Å²) in [5.41, 5.74) is 7.15. The highest BCUT2D eigenvalue weighted by molar-refractivity contribution is 6.94. The molecule has 0 aromatic carbocycles. The van der Waals surface area contributed by atoms with Gasteiger partial charge in [0.15, 0.2) is 0 Å². The molecule has 1 aliphatic rings. The van der Waals surface area contributed by atoms with Gasteiger partial charge in [-0.2, -0.15) is 0 Å². The Bertz CT molecular complexity index is 263. The summed E-state index contributed by atoms with van der Waals surface area (Å²) in [6.45, 7) is 4.28. The molecule has 82 valence electrons. The van der Waals surface area contributed by atoms with Gasteiger partial charge in [-0.15, -0.1) is 22.9 Å². The smallest absolute Gasteiger partial charge is 0.115 e. The van der Waals surface area contributed by atoms with Crippen LogP contribution < -0.4 is 0 Å². The molecule has 0 N–H and O–H groups in total. The molecule has 0 aliphatic carbocycles. The van der Waals surface area contributed by atoms with E-state index in [1.54, 1.807) is 0 Å². The lowest BCUT2D eigenvalue weighted by Crippen LogP contribution is -2.30. The van der Waals surface area contributed by atoms with Crippen LogP contribution in [0.5, 0.6) is 0 Å². The molecule has 0 spiro atoms. The third-order valence-electron chi connectivity index (χ3n) is 2.97. The Labute approximate surface area is 95.9 Å². The van der Waals surface area contributed by atoms with Crippen molar-refractivity contribution in [2.24, 2.45) is 0 Å². The zero-order valence-electron chi connectivity index (χ0n) is 10.2. The third-order valence-corrected chi connectivity index (χ3v) is 6.69. The summed E-state index contributed by atoms with van der Waals surface area (Å²) in [6, 6.07) is 2.65. The van der Waals surface area contributed by atoms with E-state index < -0.39 is 8.07 Å². The second-order valence-corrected chi connectivity index (χ2v) is 7.97. The van der Waals surface area contributed by atoms with Crippen LogP contribution in [0.15, 0.2) is 0 Å². The molecule has 0 aromatic heterocycles. The third kappa shape index (κ3) is 4.14. The van der Waals surface area contributed by atoms with Crippen LogP contribution >= 0.6 is 0 Å². The van der Waals surface area contributed by atoms with E-state index >= 15 is 0 Å². The fourth-order valence-corrected chi connectivity index (χ4v) is 5.68. The minimum absolute atomic E-state index is 0.989. The van der Waals surface area contributed by atoms with Crippen LogP contribution in [0.4, 0.5) is 0 Å². The van der Waals surface area contributed by atoms with Gasteiger partial charge in [0.25, 0.3) is 0 Å². The van der Waals surface area contributed by atoms with Crippen molar-refractivity contribution in [3.63, 3.8) is 0 Å². The van der Waals surface area contributed by atoms with E-state index in [1.165, 1.54) is 37.8 Å². The van der Waals surface area contributed by atoms with Crippen LogP contribution in [0.2, 0.25) is 12.1 Å². The highest BCUT2D eigenvalue weighted by Crippen LogP contribution is 2.26.